The molecule has 3 N–H and O–H groups in total. The monoisotopic (exact) mass is 475 g/mol. The first-order chi connectivity index (χ1) is 12.6. The smallest absolute Gasteiger partial charge is 0.367 e. The molecule has 0 aliphatic carbocycles. The molecule has 0 aliphatic heterocycles. The molecule has 0 saturated heterocycles. The van der Waals surface area contributed by atoms with Crippen LogP contribution in [0.1, 0.15) is 6.92 Å². The van der Waals surface area contributed by atoms with Crippen LogP contribution in [0.3, 0.4) is 0 Å². The van der Waals surface area contributed by atoms with Crippen molar-refractivity contribution in [3.63, 3.8) is 0 Å². The number of amides is 1. The standard InChI is InChI=1S/C15H14Cl2F3N5OS.ClH/c1-8(26)21-4-5-22-13-12(27-15(18,19)20)7-23-14(25-13)24-9-2-3-10(16)11(17)6-9;/h2-3,6-7H,4-5H2,1H3,(H,21,26)(H2,22,23,24,25);1H. The molecule has 0 bridgehead atoms. The van der Waals surface area contributed by atoms with E-state index in [-0.39, 0.29) is 59.8 Å². The van der Waals surface area contributed by atoms with Crippen molar-refractivity contribution in [3.05, 3.63) is 34.4 Å². The van der Waals surface area contributed by atoms with E-state index in [1.54, 1.807) is 12.1 Å². The van der Waals surface area contributed by atoms with Crippen molar-refractivity contribution in [2.24, 2.45) is 0 Å². The number of hydrogen-bond donors (Lipinski definition) is 3. The second kappa shape index (κ2) is 10.8. The number of nitrogens with zero attached hydrogens (tertiary/aromatic N) is 2. The highest BCUT2D eigenvalue weighted by Crippen LogP contribution is 2.39. The fraction of sp³-hybridized carbons (Fsp3) is 0.267. The lowest BCUT2D eigenvalue weighted by atomic mass is 10.3. The number of alkyl halides is 3. The van der Waals surface area contributed by atoms with E-state index in [0.29, 0.717) is 15.7 Å². The summed E-state index contributed by atoms with van der Waals surface area (Å²) in [4.78, 5) is 18.7. The van der Waals surface area contributed by atoms with Gasteiger partial charge in [-0.3, -0.25) is 4.79 Å². The van der Waals surface area contributed by atoms with Gasteiger partial charge in [0, 0.05) is 31.9 Å². The summed E-state index contributed by atoms with van der Waals surface area (Å²) in [5.41, 5.74) is -3.97. The van der Waals surface area contributed by atoms with Crippen molar-refractivity contribution in [1.82, 2.24) is 15.3 Å². The first-order valence-electron chi connectivity index (χ1n) is 7.47. The molecule has 154 valence electrons. The average Bonchev–Trinajstić information content (AvgIpc) is 2.56. The Morgan fingerprint density at radius 3 is 2.54 bits per heavy atom. The van der Waals surface area contributed by atoms with Gasteiger partial charge < -0.3 is 16.0 Å². The van der Waals surface area contributed by atoms with E-state index >= 15 is 0 Å². The Labute approximate surface area is 179 Å². The number of nitrogens with one attached hydrogen (secondary N) is 3. The van der Waals surface area contributed by atoms with Crippen molar-refractivity contribution < 1.29 is 18.0 Å². The third kappa shape index (κ3) is 8.17. The van der Waals surface area contributed by atoms with Gasteiger partial charge in [-0.15, -0.1) is 12.4 Å². The molecule has 1 amide bonds. The zero-order valence-corrected chi connectivity index (χ0v) is 17.4. The van der Waals surface area contributed by atoms with Crippen LogP contribution < -0.4 is 16.0 Å². The van der Waals surface area contributed by atoms with Gasteiger partial charge in [-0.05, 0) is 30.0 Å². The molecule has 0 atom stereocenters. The highest BCUT2D eigenvalue weighted by Gasteiger charge is 2.31. The van der Waals surface area contributed by atoms with Crippen LogP contribution in [0, 0.1) is 0 Å². The Morgan fingerprint density at radius 1 is 1.21 bits per heavy atom. The van der Waals surface area contributed by atoms with E-state index in [1.165, 1.54) is 13.0 Å². The lowest BCUT2D eigenvalue weighted by Crippen LogP contribution is -2.26. The molecule has 0 radical (unpaired) electrons. The second-order valence-corrected chi connectivity index (χ2v) is 7.04. The summed E-state index contributed by atoms with van der Waals surface area (Å²) in [5.74, 6) is -0.187. The van der Waals surface area contributed by atoms with Crippen molar-refractivity contribution in [3.8, 4) is 0 Å². The van der Waals surface area contributed by atoms with E-state index < -0.39 is 5.51 Å². The van der Waals surface area contributed by atoms with Gasteiger partial charge in [-0.25, -0.2) is 4.98 Å². The molecule has 0 spiro atoms. The van der Waals surface area contributed by atoms with E-state index in [1.807, 2.05) is 0 Å². The van der Waals surface area contributed by atoms with Gasteiger partial charge in [0.1, 0.15) is 5.82 Å². The van der Waals surface area contributed by atoms with E-state index in [2.05, 4.69) is 25.9 Å². The van der Waals surface area contributed by atoms with E-state index in [4.69, 9.17) is 23.2 Å². The Kier molecular flexibility index (Phi) is 9.42. The second-order valence-electron chi connectivity index (χ2n) is 5.12. The maximum Gasteiger partial charge on any atom is 0.446 e. The van der Waals surface area contributed by atoms with Crippen LogP contribution >= 0.6 is 47.4 Å². The van der Waals surface area contributed by atoms with Crippen LogP contribution in [0.5, 0.6) is 0 Å². The number of anilines is 3. The molecule has 1 aromatic heterocycles. The van der Waals surface area contributed by atoms with Crippen LogP contribution in [-0.2, 0) is 4.79 Å². The highest BCUT2D eigenvalue weighted by atomic mass is 35.5. The molecule has 2 aromatic rings. The van der Waals surface area contributed by atoms with Crippen LogP contribution in [0.15, 0.2) is 29.3 Å². The zero-order valence-electron chi connectivity index (χ0n) is 14.2. The zero-order chi connectivity index (χ0) is 20.0. The summed E-state index contributed by atoms with van der Waals surface area (Å²) in [7, 11) is 0. The SMILES string of the molecule is CC(=O)NCCNc1nc(Nc2ccc(Cl)c(Cl)c2)ncc1SC(F)(F)F.Cl. The topological polar surface area (TPSA) is 78.9 Å². The quantitative estimate of drug-likeness (QED) is 0.381. The molecule has 28 heavy (non-hydrogen) atoms. The minimum Gasteiger partial charge on any atom is -0.367 e. The summed E-state index contributed by atoms with van der Waals surface area (Å²) < 4.78 is 38.2. The van der Waals surface area contributed by atoms with Crippen LogP contribution in [0.25, 0.3) is 0 Å². The molecule has 0 fully saturated rings. The van der Waals surface area contributed by atoms with Gasteiger partial charge >= 0.3 is 5.51 Å². The van der Waals surface area contributed by atoms with Crippen molar-refractivity contribution in [2.45, 2.75) is 17.3 Å². The van der Waals surface area contributed by atoms with Crippen LogP contribution in [0.4, 0.5) is 30.6 Å². The number of rotatable bonds is 7. The van der Waals surface area contributed by atoms with E-state index in [9.17, 15) is 18.0 Å². The summed E-state index contributed by atoms with van der Waals surface area (Å²) >= 11 is 11.4. The Balaban J connectivity index is 0.00000392. The fourth-order valence-electron chi connectivity index (χ4n) is 1.88. The largest absolute Gasteiger partial charge is 0.446 e. The lowest BCUT2D eigenvalue weighted by Gasteiger charge is -2.14. The fourth-order valence-corrected chi connectivity index (χ4v) is 2.75. The number of aromatic nitrogens is 2. The van der Waals surface area contributed by atoms with Gasteiger partial charge in [0.2, 0.25) is 11.9 Å². The Hall–Kier alpha value is -1.62. The number of benzene rings is 1. The molecule has 0 saturated carbocycles. The molecule has 1 aromatic carbocycles. The number of carbonyl (C=O) groups is 1. The van der Waals surface area contributed by atoms with Crippen molar-refractivity contribution in [2.75, 3.05) is 23.7 Å². The third-order valence-electron chi connectivity index (χ3n) is 2.95. The molecule has 2 rings (SSSR count). The maximum absolute atomic E-state index is 12.7. The van der Waals surface area contributed by atoms with Gasteiger partial charge in [-0.1, -0.05) is 23.2 Å². The summed E-state index contributed by atoms with van der Waals surface area (Å²) in [6.07, 6.45) is 1.06. The van der Waals surface area contributed by atoms with Gasteiger partial charge in [0.15, 0.2) is 0 Å². The Morgan fingerprint density at radius 2 is 1.93 bits per heavy atom. The predicted octanol–water partition coefficient (Wildman–Crippen LogP) is 5.11. The molecule has 0 unspecified atom stereocenters. The van der Waals surface area contributed by atoms with Crippen LogP contribution in [-0.4, -0.2) is 34.5 Å². The van der Waals surface area contributed by atoms with E-state index in [0.717, 1.165) is 6.20 Å². The number of carbonyl (C=O) groups excluding carboxylic acids is 1. The summed E-state index contributed by atoms with van der Waals surface area (Å²) in [6, 6.07) is 4.72. The summed E-state index contributed by atoms with van der Waals surface area (Å²) in [5, 5.41) is 8.81. The van der Waals surface area contributed by atoms with Gasteiger partial charge in [0.25, 0.3) is 0 Å². The van der Waals surface area contributed by atoms with Gasteiger partial charge in [0.05, 0.1) is 14.9 Å². The molecule has 6 nitrogen and oxygen atoms in total. The molecule has 1 heterocycles. The highest BCUT2D eigenvalue weighted by molar-refractivity contribution is 8.00. The normalized spacial score (nSPS) is 10.8. The molecule has 13 heteroatoms. The van der Waals surface area contributed by atoms with Crippen molar-refractivity contribution >= 4 is 70.7 Å². The van der Waals surface area contributed by atoms with Gasteiger partial charge in [-0.2, -0.15) is 18.2 Å². The predicted molar refractivity (Wildman–Crippen MR) is 108 cm³/mol. The molecule has 0 aliphatic rings. The summed E-state index contributed by atoms with van der Waals surface area (Å²) in [6.45, 7) is 1.76. The number of halogens is 6. The van der Waals surface area contributed by atoms with Crippen LogP contribution in [0.2, 0.25) is 10.0 Å². The molecular weight excluding hydrogens is 462 g/mol. The first kappa shape index (κ1) is 24.4. The maximum atomic E-state index is 12.7. The first-order valence-corrected chi connectivity index (χ1v) is 9.04. The minimum atomic E-state index is -4.49. The number of thioether (sulfide) groups is 1. The molecular formula is C15H15Cl3F3N5OS. The van der Waals surface area contributed by atoms with Crippen molar-refractivity contribution in [1.29, 1.82) is 0 Å². The minimum absolute atomic E-state index is 0. The third-order valence-corrected chi connectivity index (χ3v) is 4.44. The Bertz CT molecular complexity index is 826. The average molecular weight is 477 g/mol. The lowest BCUT2D eigenvalue weighted by molar-refractivity contribution is -0.118. The number of hydrogen-bond acceptors (Lipinski definition) is 6.